The van der Waals surface area contributed by atoms with Crippen molar-refractivity contribution in [1.29, 1.82) is 0 Å². The highest BCUT2D eigenvalue weighted by molar-refractivity contribution is 4.91. The molecule has 6 unspecified atom stereocenters. The van der Waals surface area contributed by atoms with Gasteiger partial charge in [0.25, 0.3) is 0 Å². The maximum absolute atomic E-state index is 9.23. The van der Waals surface area contributed by atoms with Crippen molar-refractivity contribution in [2.45, 2.75) is 144 Å². The summed E-state index contributed by atoms with van der Waals surface area (Å²) in [6, 6.07) is 0. The van der Waals surface area contributed by atoms with Crippen molar-refractivity contribution >= 4 is 0 Å². The minimum atomic E-state index is -1.24. The van der Waals surface area contributed by atoms with Crippen molar-refractivity contribution in [1.82, 2.24) is 0 Å². The third-order valence-corrected chi connectivity index (χ3v) is 8.26. The summed E-state index contributed by atoms with van der Waals surface area (Å²) in [6.07, 6.45) is -14.3. The van der Waals surface area contributed by atoms with E-state index >= 15 is 0 Å². The van der Waals surface area contributed by atoms with Crippen molar-refractivity contribution < 1.29 is 85.7 Å². The molecule has 3 heterocycles. The van der Waals surface area contributed by atoms with Gasteiger partial charge >= 0.3 is 0 Å². The first kappa shape index (κ1) is 41.3. The van der Waals surface area contributed by atoms with Gasteiger partial charge in [-0.25, -0.2) is 0 Å². The van der Waals surface area contributed by atoms with Crippen molar-refractivity contribution in [3.8, 4) is 0 Å². The molecule has 0 bridgehead atoms. The molecule has 3 aliphatic heterocycles. The van der Waals surface area contributed by atoms with Crippen LogP contribution in [0.2, 0.25) is 0 Å². The predicted molar refractivity (Wildman–Crippen MR) is 149 cm³/mol. The molecule has 0 aromatic heterocycles. The molecule has 4 rings (SSSR count). The molecular formula is C27H54O17. The van der Waals surface area contributed by atoms with Gasteiger partial charge in [-0.2, -0.15) is 0 Å². The third-order valence-electron chi connectivity index (χ3n) is 8.26. The standard InChI is InChI=1S/2C7H14O5.C7H14O3.C6H12O4/c2*1-3-5(9)7(11)6(10)4(2-8)12-3;1-4-2-3-5(8)7(10)6(4)9;1-3-5(8)6(9)4(7)2-10-3/h2*3-11H,2H2,1H3;4-10H,2-3H2,1H3;3-9H,2H2,1H3/t3-,4?,5?,6+,7-;3-,4?,5?,6-,7-;4-,5-,6?,7+;3-,4+,5?,6+/m0010/s1. The summed E-state index contributed by atoms with van der Waals surface area (Å²) >= 11 is 0. The van der Waals surface area contributed by atoms with Crippen LogP contribution in [0.3, 0.4) is 0 Å². The zero-order valence-corrected chi connectivity index (χ0v) is 25.4. The Labute approximate surface area is 256 Å². The van der Waals surface area contributed by atoms with Crippen LogP contribution in [0, 0.1) is 5.92 Å². The molecule has 264 valence electrons. The molecule has 18 atom stereocenters. The molecule has 0 amide bonds. The molecule has 0 radical (unpaired) electrons. The van der Waals surface area contributed by atoms with Gasteiger partial charge in [0, 0.05) is 0 Å². The van der Waals surface area contributed by atoms with Crippen molar-refractivity contribution in [2.75, 3.05) is 19.8 Å². The van der Waals surface area contributed by atoms with Crippen LogP contribution in [0.1, 0.15) is 40.5 Å². The molecule has 1 saturated carbocycles. The maximum Gasteiger partial charge on any atom is 0.111 e. The van der Waals surface area contributed by atoms with E-state index in [1.807, 2.05) is 6.92 Å². The fourth-order valence-corrected chi connectivity index (χ4v) is 4.87. The number of hydrogen-bond acceptors (Lipinski definition) is 17. The van der Waals surface area contributed by atoms with E-state index in [2.05, 4.69) is 0 Å². The fourth-order valence-electron chi connectivity index (χ4n) is 4.87. The van der Waals surface area contributed by atoms with E-state index in [1.165, 1.54) is 0 Å². The van der Waals surface area contributed by atoms with Crippen LogP contribution >= 0.6 is 0 Å². The molecule has 0 aromatic rings. The molecule has 44 heavy (non-hydrogen) atoms. The van der Waals surface area contributed by atoms with Crippen LogP contribution < -0.4 is 0 Å². The molecule has 4 aliphatic rings. The molecule has 4 fully saturated rings. The Hall–Kier alpha value is -0.680. The van der Waals surface area contributed by atoms with Gasteiger partial charge in [-0.3, -0.25) is 0 Å². The first-order valence-corrected chi connectivity index (χ1v) is 14.7. The average molecular weight is 651 g/mol. The highest BCUT2D eigenvalue weighted by Gasteiger charge is 2.42. The lowest BCUT2D eigenvalue weighted by molar-refractivity contribution is -0.224. The first-order valence-electron chi connectivity index (χ1n) is 14.7. The second-order valence-corrected chi connectivity index (χ2v) is 11.8. The van der Waals surface area contributed by atoms with Gasteiger partial charge in [0.1, 0.15) is 73.2 Å². The Morgan fingerprint density at radius 3 is 1.18 bits per heavy atom. The fraction of sp³-hybridized carbons (Fsp3) is 1.00. The lowest BCUT2D eigenvalue weighted by Crippen LogP contribution is -2.57. The smallest absolute Gasteiger partial charge is 0.111 e. The van der Waals surface area contributed by atoms with Gasteiger partial charge in [-0.1, -0.05) is 6.92 Å². The average Bonchev–Trinajstić information content (AvgIpc) is 3.01. The largest absolute Gasteiger partial charge is 0.394 e. The van der Waals surface area contributed by atoms with Gasteiger partial charge < -0.3 is 85.7 Å². The van der Waals surface area contributed by atoms with Gasteiger partial charge in [0.2, 0.25) is 0 Å². The van der Waals surface area contributed by atoms with Gasteiger partial charge in [-0.15, -0.1) is 0 Å². The van der Waals surface area contributed by atoms with E-state index in [0.29, 0.717) is 6.42 Å². The Kier molecular flexibility index (Phi) is 18.1. The molecule has 0 aromatic carbocycles. The van der Waals surface area contributed by atoms with Crippen LogP contribution in [-0.4, -0.2) is 195 Å². The third kappa shape index (κ3) is 11.2. The second-order valence-electron chi connectivity index (χ2n) is 11.8. The minimum Gasteiger partial charge on any atom is -0.394 e. The molecule has 14 N–H and O–H groups in total. The minimum absolute atomic E-state index is 0.0966. The van der Waals surface area contributed by atoms with E-state index in [0.717, 1.165) is 6.42 Å². The normalized spacial score (nSPS) is 49.2. The van der Waals surface area contributed by atoms with Crippen LogP contribution in [-0.2, 0) is 14.2 Å². The van der Waals surface area contributed by atoms with E-state index in [1.54, 1.807) is 20.8 Å². The van der Waals surface area contributed by atoms with Crippen LogP contribution in [0.25, 0.3) is 0 Å². The van der Waals surface area contributed by atoms with Gasteiger partial charge in [0.15, 0.2) is 0 Å². The Morgan fingerprint density at radius 2 is 0.818 bits per heavy atom. The Bertz CT molecular complexity index is 681. The van der Waals surface area contributed by atoms with Gasteiger partial charge in [0.05, 0.1) is 50.3 Å². The zero-order chi connectivity index (χ0) is 34.0. The van der Waals surface area contributed by atoms with Crippen LogP contribution in [0.4, 0.5) is 0 Å². The second kappa shape index (κ2) is 19.2. The van der Waals surface area contributed by atoms with Crippen molar-refractivity contribution in [2.24, 2.45) is 5.92 Å². The number of aliphatic hydroxyl groups is 14. The molecule has 3 saturated heterocycles. The number of hydrogen-bond donors (Lipinski definition) is 14. The van der Waals surface area contributed by atoms with Crippen molar-refractivity contribution in [3.05, 3.63) is 0 Å². The molecule has 0 spiro atoms. The SMILES string of the molecule is C[C@@H]1CC[C@@H](O)[C@H](O)C1O.C[C@@H]1OC(CO)[C@@H](O)[C@@H](O)C1O.C[C@@H]1OC(CO)[C@H](O)[C@@H](O)C1O.C[C@@H]1OC[C@@H](O)[C@@H](O)C1O. The van der Waals surface area contributed by atoms with Crippen molar-refractivity contribution in [3.63, 3.8) is 0 Å². The highest BCUT2D eigenvalue weighted by Crippen LogP contribution is 2.24. The lowest BCUT2D eigenvalue weighted by Gasteiger charge is -2.38. The summed E-state index contributed by atoms with van der Waals surface area (Å²) in [6.45, 7) is 6.04. The predicted octanol–water partition coefficient (Wildman–Crippen LogP) is -6.32. The van der Waals surface area contributed by atoms with Crippen LogP contribution in [0.15, 0.2) is 0 Å². The zero-order valence-electron chi connectivity index (χ0n) is 25.4. The Balaban J connectivity index is 0.000000294. The van der Waals surface area contributed by atoms with E-state index in [9.17, 15) is 35.7 Å². The van der Waals surface area contributed by atoms with E-state index in [-0.39, 0.29) is 25.7 Å². The lowest BCUT2D eigenvalue weighted by atomic mass is 9.84. The van der Waals surface area contributed by atoms with Crippen LogP contribution in [0.5, 0.6) is 0 Å². The highest BCUT2D eigenvalue weighted by atomic mass is 16.6. The topological polar surface area (TPSA) is 311 Å². The first-order chi connectivity index (χ1) is 20.4. The molecule has 17 heteroatoms. The Morgan fingerprint density at radius 1 is 0.432 bits per heavy atom. The number of aliphatic hydroxyl groups excluding tert-OH is 14. The molecule has 17 nitrogen and oxygen atoms in total. The van der Waals surface area contributed by atoms with E-state index < -0.39 is 104 Å². The summed E-state index contributed by atoms with van der Waals surface area (Å²) in [7, 11) is 0. The monoisotopic (exact) mass is 650 g/mol. The maximum atomic E-state index is 9.23. The van der Waals surface area contributed by atoms with Gasteiger partial charge in [-0.05, 0) is 39.5 Å². The summed E-state index contributed by atoms with van der Waals surface area (Å²) < 4.78 is 15.0. The number of ether oxygens (including phenoxy) is 3. The number of rotatable bonds is 2. The van der Waals surface area contributed by atoms with E-state index in [4.69, 9.17) is 50.0 Å². The summed E-state index contributed by atoms with van der Waals surface area (Å²) in [5.41, 5.74) is 0. The molecular weight excluding hydrogens is 596 g/mol. The quantitative estimate of drug-likeness (QED) is 0.132. The summed E-state index contributed by atoms with van der Waals surface area (Å²) in [5, 5.41) is 127. The molecule has 1 aliphatic carbocycles. The summed E-state index contributed by atoms with van der Waals surface area (Å²) in [5.74, 6) is 0.110. The summed E-state index contributed by atoms with van der Waals surface area (Å²) in [4.78, 5) is 0.